The van der Waals surface area contributed by atoms with Crippen LogP contribution in [0.5, 0.6) is 17.2 Å². The number of methoxy groups -OCH3 is 3. The van der Waals surface area contributed by atoms with Gasteiger partial charge in [-0.25, -0.2) is 4.39 Å². The van der Waals surface area contributed by atoms with Crippen molar-refractivity contribution >= 4 is 33.5 Å². The molecular formula is C28H35BrFN3O5. The number of Topliss-reactive ketones (excluding diaryl/α,β-unsaturated/α-hetero) is 1. The van der Waals surface area contributed by atoms with Gasteiger partial charge in [-0.15, -0.1) is 0 Å². The molecule has 10 heteroatoms. The molecule has 0 unspecified atom stereocenters. The third-order valence-corrected chi connectivity index (χ3v) is 7.54. The van der Waals surface area contributed by atoms with Gasteiger partial charge in [0.1, 0.15) is 11.6 Å². The first-order valence-electron chi connectivity index (χ1n) is 12.6. The van der Waals surface area contributed by atoms with Gasteiger partial charge in [0.2, 0.25) is 0 Å². The lowest BCUT2D eigenvalue weighted by atomic mass is 9.84. The molecule has 0 saturated carbocycles. The van der Waals surface area contributed by atoms with Gasteiger partial charge in [-0.1, -0.05) is 20.8 Å². The average molecular weight is 593 g/mol. The Labute approximate surface area is 231 Å². The molecule has 0 aromatic heterocycles. The molecular weight excluding hydrogens is 557 g/mol. The van der Waals surface area contributed by atoms with Crippen LogP contribution in [0.4, 0.5) is 10.1 Å². The summed E-state index contributed by atoms with van der Waals surface area (Å²) in [4.78, 5) is 17.7. The number of nitrogens with zero attached hydrogens (tertiary/aromatic N) is 3. The quantitative estimate of drug-likeness (QED) is 0.460. The molecule has 0 radical (unpaired) electrons. The van der Waals surface area contributed by atoms with Crippen molar-refractivity contribution < 1.29 is 28.5 Å². The second-order valence-corrected chi connectivity index (χ2v) is 11.0. The van der Waals surface area contributed by atoms with E-state index in [9.17, 15) is 9.90 Å². The molecule has 2 aliphatic heterocycles. The summed E-state index contributed by atoms with van der Waals surface area (Å²) >= 11 is 3.13. The van der Waals surface area contributed by atoms with E-state index in [1.165, 1.54) is 14.2 Å². The molecule has 0 amide bonds. The molecule has 206 valence electrons. The topological polar surface area (TPSA) is 83.8 Å². The number of rotatable bonds is 7. The lowest BCUT2D eigenvalue weighted by Crippen LogP contribution is -2.36. The van der Waals surface area contributed by atoms with E-state index in [4.69, 9.17) is 14.2 Å². The second-order valence-electron chi connectivity index (χ2n) is 10.7. The largest absolute Gasteiger partial charge is 0.494 e. The fourth-order valence-corrected chi connectivity index (χ4v) is 5.59. The van der Waals surface area contributed by atoms with E-state index in [0.717, 1.165) is 17.0 Å². The molecule has 2 aromatic carbocycles. The van der Waals surface area contributed by atoms with E-state index < -0.39 is 5.82 Å². The summed E-state index contributed by atoms with van der Waals surface area (Å²) in [5.41, 5.74) is 2.96. The minimum absolute atomic E-state index is 0.00273. The molecule has 2 aliphatic rings. The number of hydrogen-bond acceptors (Lipinski definition) is 7. The number of anilines is 1. The first-order valence-corrected chi connectivity index (χ1v) is 13.3. The van der Waals surface area contributed by atoms with Gasteiger partial charge in [-0.2, -0.15) is 4.02 Å². The van der Waals surface area contributed by atoms with E-state index in [0.29, 0.717) is 49.4 Å². The van der Waals surface area contributed by atoms with Gasteiger partial charge < -0.3 is 29.1 Å². The average Bonchev–Trinajstić information content (AvgIpc) is 3.24. The number of benzene rings is 2. The van der Waals surface area contributed by atoms with Crippen molar-refractivity contribution in [2.45, 2.75) is 51.7 Å². The van der Waals surface area contributed by atoms with Gasteiger partial charge in [0.15, 0.2) is 23.1 Å². The molecule has 2 heterocycles. The number of piperidine rings is 1. The Kier molecular flexibility index (Phi) is 8.23. The fourth-order valence-electron chi connectivity index (χ4n) is 5.18. The van der Waals surface area contributed by atoms with Crippen LogP contribution in [0.25, 0.3) is 0 Å². The van der Waals surface area contributed by atoms with Crippen LogP contribution in [0.2, 0.25) is 0 Å². The highest BCUT2D eigenvalue weighted by molar-refractivity contribution is 9.08. The van der Waals surface area contributed by atoms with Gasteiger partial charge in [-0.05, 0) is 42.0 Å². The summed E-state index contributed by atoms with van der Waals surface area (Å²) < 4.78 is 35.9. The van der Waals surface area contributed by atoms with Gasteiger partial charge in [0.25, 0.3) is 0 Å². The van der Waals surface area contributed by atoms with Crippen molar-refractivity contribution in [1.29, 1.82) is 0 Å². The molecule has 1 saturated heterocycles. The number of amidine groups is 1. The van der Waals surface area contributed by atoms with Gasteiger partial charge in [0, 0.05) is 30.8 Å². The molecule has 0 atom stereocenters. The van der Waals surface area contributed by atoms with E-state index in [1.54, 1.807) is 18.1 Å². The highest BCUT2D eigenvalue weighted by Crippen LogP contribution is 2.42. The molecule has 38 heavy (non-hydrogen) atoms. The molecule has 1 fully saturated rings. The Morgan fingerprint density at radius 3 is 2.32 bits per heavy atom. The molecule has 4 rings (SSSR count). The molecule has 0 aliphatic carbocycles. The maximum atomic E-state index is 15.4. The lowest BCUT2D eigenvalue weighted by Gasteiger charge is -2.35. The van der Waals surface area contributed by atoms with Crippen molar-refractivity contribution in [2.75, 3.05) is 45.9 Å². The maximum absolute atomic E-state index is 15.4. The number of halogens is 2. The number of fused-ring (bicyclic) bond motifs is 1. The number of carbonyl (C=O) groups excluding carboxylic acids is 1. The smallest absolute Gasteiger partial charge is 0.197 e. The van der Waals surface area contributed by atoms with E-state index in [1.807, 2.05) is 12.1 Å². The van der Waals surface area contributed by atoms with Crippen LogP contribution in [0.3, 0.4) is 0 Å². The number of carbonyl (C=O) groups is 1. The highest BCUT2D eigenvalue weighted by Gasteiger charge is 2.35. The van der Waals surface area contributed by atoms with Crippen LogP contribution in [-0.2, 0) is 12.0 Å². The Hall–Kier alpha value is -2.85. The van der Waals surface area contributed by atoms with Crippen molar-refractivity contribution in [2.24, 2.45) is 4.02 Å². The van der Waals surface area contributed by atoms with Crippen LogP contribution in [0.15, 0.2) is 22.2 Å². The van der Waals surface area contributed by atoms with Crippen LogP contribution >= 0.6 is 16.1 Å². The molecule has 0 bridgehead atoms. The van der Waals surface area contributed by atoms with Crippen LogP contribution < -0.4 is 19.1 Å². The van der Waals surface area contributed by atoms with E-state index in [2.05, 4.69) is 45.8 Å². The predicted octanol–water partition coefficient (Wildman–Crippen LogP) is 4.87. The third-order valence-electron chi connectivity index (χ3n) is 7.20. The number of ketones is 1. The zero-order chi connectivity index (χ0) is 27.8. The normalized spacial score (nSPS) is 17.1. The van der Waals surface area contributed by atoms with Gasteiger partial charge >= 0.3 is 0 Å². The standard InChI is InChI=1S/C28H35BrFN3O5/c1-28(2,3)19-11-16(12-20(25(19)37-5)32-9-7-18(34)8-10-32)21(35)15-33-14-17-13-22(36-4)26(38-6)24(30)23(17)27(33)31-29/h11-13,18,34H,7-10,14-15H2,1-6H3/b31-27-. The summed E-state index contributed by atoms with van der Waals surface area (Å²) in [6, 6.07) is 5.48. The third kappa shape index (κ3) is 5.20. The summed E-state index contributed by atoms with van der Waals surface area (Å²) in [6.45, 7) is 7.88. The van der Waals surface area contributed by atoms with Crippen molar-refractivity contribution in [3.8, 4) is 17.2 Å². The van der Waals surface area contributed by atoms with Crippen LogP contribution in [0, 0.1) is 5.82 Å². The van der Waals surface area contributed by atoms with E-state index in [-0.39, 0.29) is 40.9 Å². The summed E-state index contributed by atoms with van der Waals surface area (Å²) in [6.07, 6.45) is 0.990. The van der Waals surface area contributed by atoms with Crippen molar-refractivity contribution in [3.05, 3.63) is 46.3 Å². The second kappa shape index (κ2) is 11.1. The van der Waals surface area contributed by atoms with Gasteiger partial charge in [-0.3, -0.25) is 4.79 Å². The van der Waals surface area contributed by atoms with Crippen LogP contribution in [0.1, 0.15) is 60.7 Å². The van der Waals surface area contributed by atoms with Crippen LogP contribution in [-0.4, -0.2) is 68.7 Å². The Balaban J connectivity index is 1.70. The lowest BCUT2D eigenvalue weighted by molar-refractivity contribution is 0.0962. The highest BCUT2D eigenvalue weighted by atomic mass is 79.9. The SMILES string of the molecule is COc1cc2c(c(F)c1OC)/C(=N/Br)N(CC(=O)c1cc(N3CCC(O)CC3)c(OC)c(C(C)(C)C)c1)C2. The minimum Gasteiger partial charge on any atom is -0.494 e. The first kappa shape index (κ1) is 28.2. The predicted molar refractivity (Wildman–Crippen MR) is 149 cm³/mol. The summed E-state index contributed by atoms with van der Waals surface area (Å²) in [7, 11) is 4.48. The van der Waals surface area contributed by atoms with Gasteiger partial charge in [0.05, 0.1) is 61.4 Å². The van der Waals surface area contributed by atoms with E-state index >= 15 is 4.39 Å². The summed E-state index contributed by atoms with van der Waals surface area (Å²) in [5.74, 6) is 0.632. The molecule has 1 N–H and O–H groups in total. The first-order chi connectivity index (χ1) is 18.0. The summed E-state index contributed by atoms with van der Waals surface area (Å²) in [5, 5.41) is 10.0. The zero-order valence-corrected chi connectivity index (χ0v) is 24.3. The monoisotopic (exact) mass is 591 g/mol. The molecule has 8 nitrogen and oxygen atoms in total. The Morgan fingerprint density at radius 1 is 1.11 bits per heavy atom. The maximum Gasteiger partial charge on any atom is 0.197 e. The molecule has 0 spiro atoms. The van der Waals surface area contributed by atoms with Crippen molar-refractivity contribution in [1.82, 2.24) is 4.90 Å². The Morgan fingerprint density at radius 2 is 1.76 bits per heavy atom. The van der Waals surface area contributed by atoms with Crippen molar-refractivity contribution in [3.63, 3.8) is 0 Å². The minimum atomic E-state index is -0.580. The number of aliphatic hydroxyl groups is 1. The fraction of sp³-hybridized carbons (Fsp3) is 0.500. The number of ether oxygens (including phenoxy) is 3. The number of hydrogen-bond donors (Lipinski definition) is 1. The number of aliphatic hydroxyl groups excluding tert-OH is 1. The zero-order valence-electron chi connectivity index (χ0n) is 22.7. The Bertz CT molecular complexity index is 1250. The molecule has 2 aromatic rings.